The minimum Gasteiger partial charge on any atom is -0.497 e. The standard InChI is InChI=1S/C15H18N4O2/c1-21-12-5-4-10-7-11(9-19-6-2-3-14(19)20)15(18-16)17-13(10)8-12/h4-5,7-8H,2-3,6,9,16H2,1H3,(H,17,18). The van der Waals surface area contributed by atoms with E-state index < -0.39 is 0 Å². The highest BCUT2D eigenvalue weighted by Gasteiger charge is 2.21. The minimum atomic E-state index is 0.188. The summed E-state index contributed by atoms with van der Waals surface area (Å²) in [5.74, 6) is 7.11. The molecule has 6 nitrogen and oxygen atoms in total. The molecule has 2 heterocycles. The van der Waals surface area contributed by atoms with E-state index in [0.29, 0.717) is 18.8 Å². The van der Waals surface area contributed by atoms with Gasteiger partial charge in [-0.15, -0.1) is 0 Å². The highest BCUT2D eigenvalue weighted by Crippen LogP contribution is 2.25. The smallest absolute Gasteiger partial charge is 0.222 e. The molecule has 1 amide bonds. The van der Waals surface area contributed by atoms with Crippen molar-refractivity contribution in [1.29, 1.82) is 0 Å². The maximum atomic E-state index is 11.8. The number of likely N-dealkylation sites (tertiary alicyclic amines) is 1. The Hall–Kier alpha value is -2.34. The van der Waals surface area contributed by atoms with Crippen LogP contribution in [0.25, 0.3) is 10.9 Å². The summed E-state index contributed by atoms with van der Waals surface area (Å²) in [6.45, 7) is 1.33. The summed E-state index contributed by atoms with van der Waals surface area (Å²) in [6, 6.07) is 7.73. The van der Waals surface area contributed by atoms with Crippen LogP contribution >= 0.6 is 0 Å². The topological polar surface area (TPSA) is 80.5 Å². The van der Waals surface area contributed by atoms with Crippen molar-refractivity contribution in [2.75, 3.05) is 19.1 Å². The molecule has 3 N–H and O–H groups in total. The second kappa shape index (κ2) is 5.57. The van der Waals surface area contributed by atoms with Gasteiger partial charge in [-0.2, -0.15) is 0 Å². The summed E-state index contributed by atoms with van der Waals surface area (Å²) in [5, 5.41) is 0.997. The van der Waals surface area contributed by atoms with Crippen LogP contribution in [-0.2, 0) is 11.3 Å². The predicted molar refractivity (Wildman–Crippen MR) is 80.8 cm³/mol. The van der Waals surface area contributed by atoms with Crippen molar-refractivity contribution in [3.8, 4) is 5.75 Å². The van der Waals surface area contributed by atoms with Gasteiger partial charge in [0.05, 0.1) is 12.6 Å². The van der Waals surface area contributed by atoms with Crippen molar-refractivity contribution in [2.24, 2.45) is 5.84 Å². The van der Waals surface area contributed by atoms with Crippen molar-refractivity contribution in [1.82, 2.24) is 9.88 Å². The summed E-state index contributed by atoms with van der Waals surface area (Å²) in [6.07, 6.45) is 1.55. The largest absolute Gasteiger partial charge is 0.497 e. The van der Waals surface area contributed by atoms with E-state index >= 15 is 0 Å². The lowest BCUT2D eigenvalue weighted by Gasteiger charge is -2.18. The molecule has 1 aliphatic rings. The molecule has 1 aromatic heterocycles. The Labute approximate surface area is 122 Å². The first-order valence-corrected chi connectivity index (χ1v) is 6.93. The molecule has 1 fully saturated rings. The fourth-order valence-corrected chi connectivity index (χ4v) is 2.64. The lowest BCUT2D eigenvalue weighted by Crippen LogP contribution is -2.25. The van der Waals surface area contributed by atoms with Gasteiger partial charge in [0.15, 0.2) is 0 Å². The quantitative estimate of drug-likeness (QED) is 0.660. The maximum absolute atomic E-state index is 11.8. The normalized spacial score (nSPS) is 14.8. The molecule has 0 bridgehead atoms. The van der Waals surface area contributed by atoms with Gasteiger partial charge in [0.2, 0.25) is 5.91 Å². The Bertz CT molecular complexity index is 687. The summed E-state index contributed by atoms with van der Waals surface area (Å²) < 4.78 is 5.20. The highest BCUT2D eigenvalue weighted by atomic mass is 16.5. The zero-order valence-electron chi connectivity index (χ0n) is 11.9. The molecule has 3 rings (SSSR count). The number of benzene rings is 1. The van der Waals surface area contributed by atoms with Crippen LogP contribution < -0.4 is 16.0 Å². The van der Waals surface area contributed by atoms with Gasteiger partial charge in [-0.05, 0) is 24.6 Å². The number of carbonyl (C=O) groups excluding carboxylic acids is 1. The van der Waals surface area contributed by atoms with E-state index in [4.69, 9.17) is 10.6 Å². The number of rotatable bonds is 4. The first-order chi connectivity index (χ1) is 10.2. The number of fused-ring (bicyclic) bond motifs is 1. The zero-order chi connectivity index (χ0) is 14.8. The molecule has 0 aliphatic carbocycles. The van der Waals surface area contributed by atoms with Crippen LogP contribution in [0.4, 0.5) is 5.82 Å². The van der Waals surface area contributed by atoms with Crippen molar-refractivity contribution in [3.05, 3.63) is 29.8 Å². The van der Waals surface area contributed by atoms with Gasteiger partial charge in [-0.3, -0.25) is 4.79 Å². The summed E-state index contributed by atoms with van der Waals surface area (Å²) in [7, 11) is 1.62. The second-order valence-corrected chi connectivity index (χ2v) is 5.12. The molecule has 0 atom stereocenters. The third kappa shape index (κ3) is 2.62. The molecular formula is C15H18N4O2. The number of aromatic nitrogens is 1. The van der Waals surface area contributed by atoms with Crippen LogP contribution in [0.15, 0.2) is 24.3 Å². The van der Waals surface area contributed by atoms with Gasteiger partial charge in [-0.25, -0.2) is 10.8 Å². The number of nitrogens with two attached hydrogens (primary N) is 1. The van der Waals surface area contributed by atoms with Gasteiger partial charge in [0.25, 0.3) is 0 Å². The lowest BCUT2D eigenvalue weighted by molar-refractivity contribution is -0.128. The summed E-state index contributed by atoms with van der Waals surface area (Å²) in [4.78, 5) is 18.1. The number of hydrazine groups is 1. The predicted octanol–water partition coefficient (Wildman–Crippen LogP) is 1.65. The van der Waals surface area contributed by atoms with Gasteiger partial charge in [-0.1, -0.05) is 0 Å². The Morgan fingerprint density at radius 2 is 2.29 bits per heavy atom. The van der Waals surface area contributed by atoms with E-state index in [1.54, 1.807) is 7.11 Å². The van der Waals surface area contributed by atoms with E-state index in [-0.39, 0.29) is 5.91 Å². The highest BCUT2D eigenvalue weighted by molar-refractivity contribution is 5.83. The number of carbonyl (C=O) groups is 1. The Kier molecular flexibility index (Phi) is 3.62. The van der Waals surface area contributed by atoms with Gasteiger partial charge in [0, 0.05) is 36.5 Å². The van der Waals surface area contributed by atoms with E-state index in [2.05, 4.69) is 10.4 Å². The van der Waals surface area contributed by atoms with Gasteiger partial charge >= 0.3 is 0 Å². The average Bonchev–Trinajstić information content (AvgIpc) is 2.91. The molecule has 1 saturated heterocycles. The molecular weight excluding hydrogens is 268 g/mol. The summed E-state index contributed by atoms with van der Waals surface area (Å²) >= 11 is 0. The van der Waals surface area contributed by atoms with Crippen molar-refractivity contribution < 1.29 is 9.53 Å². The number of methoxy groups -OCH3 is 1. The molecule has 0 unspecified atom stereocenters. The third-order valence-electron chi connectivity index (χ3n) is 3.77. The Balaban J connectivity index is 1.99. The zero-order valence-corrected chi connectivity index (χ0v) is 11.9. The molecule has 21 heavy (non-hydrogen) atoms. The van der Waals surface area contributed by atoms with Crippen LogP contribution in [0.3, 0.4) is 0 Å². The molecule has 1 aliphatic heterocycles. The van der Waals surface area contributed by atoms with Gasteiger partial charge in [0.1, 0.15) is 11.6 Å². The Morgan fingerprint density at radius 3 is 2.95 bits per heavy atom. The maximum Gasteiger partial charge on any atom is 0.222 e. The number of hydrogen-bond acceptors (Lipinski definition) is 5. The van der Waals surface area contributed by atoms with Crippen LogP contribution in [0.5, 0.6) is 5.75 Å². The molecule has 2 aromatic rings. The van der Waals surface area contributed by atoms with Crippen LogP contribution in [0, 0.1) is 0 Å². The number of nitrogen functional groups attached to an aromatic ring is 1. The van der Waals surface area contributed by atoms with Crippen molar-refractivity contribution in [2.45, 2.75) is 19.4 Å². The van der Waals surface area contributed by atoms with Crippen molar-refractivity contribution in [3.63, 3.8) is 0 Å². The lowest BCUT2D eigenvalue weighted by atomic mass is 10.1. The number of pyridine rings is 1. The molecule has 110 valence electrons. The fourth-order valence-electron chi connectivity index (χ4n) is 2.64. The molecule has 0 radical (unpaired) electrons. The Morgan fingerprint density at radius 1 is 1.43 bits per heavy atom. The average molecular weight is 286 g/mol. The van der Waals surface area contributed by atoms with Crippen LogP contribution in [0.2, 0.25) is 0 Å². The number of nitrogens with zero attached hydrogens (tertiary/aromatic N) is 2. The minimum absolute atomic E-state index is 0.188. The fraction of sp³-hybridized carbons (Fsp3) is 0.333. The number of nitrogens with one attached hydrogen (secondary N) is 1. The number of anilines is 1. The van der Waals surface area contributed by atoms with E-state index in [0.717, 1.165) is 35.2 Å². The van der Waals surface area contributed by atoms with Crippen LogP contribution in [-0.4, -0.2) is 29.4 Å². The third-order valence-corrected chi connectivity index (χ3v) is 3.77. The monoisotopic (exact) mass is 286 g/mol. The first-order valence-electron chi connectivity index (χ1n) is 6.93. The van der Waals surface area contributed by atoms with E-state index in [9.17, 15) is 4.79 Å². The number of hydrogen-bond donors (Lipinski definition) is 2. The second-order valence-electron chi connectivity index (χ2n) is 5.12. The van der Waals surface area contributed by atoms with E-state index in [1.807, 2.05) is 29.2 Å². The number of ether oxygens (including phenoxy) is 1. The number of amides is 1. The van der Waals surface area contributed by atoms with Crippen molar-refractivity contribution >= 4 is 22.6 Å². The van der Waals surface area contributed by atoms with E-state index in [1.165, 1.54) is 0 Å². The SMILES string of the molecule is COc1ccc2cc(CN3CCCC3=O)c(NN)nc2c1. The molecule has 0 saturated carbocycles. The first kappa shape index (κ1) is 13.6. The van der Waals surface area contributed by atoms with Crippen LogP contribution in [0.1, 0.15) is 18.4 Å². The molecule has 6 heteroatoms. The molecule has 1 aromatic carbocycles. The van der Waals surface area contributed by atoms with Gasteiger partial charge < -0.3 is 15.1 Å². The molecule has 0 spiro atoms. The summed E-state index contributed by atoms with van der Waals surface area (Å²) in [5.41, 5.74) is 4.35.